The molecular weight excluding hydrogens is 266 g/mol. The van der Waals surface area contributed by atoms with Gasteiger partial charge in [-0.2, -0.15) is 0 Å². The molecule has 1 atom stereocenters. The van der Waals surface area contributed by atoms with Crippen molar-refractivity contribution in [2.45, 2.75) is 32.7 Å². The molecule has 2 aromatic rings. The van der Waals surface area contributed by atoms with Crippen LogP contribution in [0.3, 0.4) is 0 Å². The lowest BCUT2D eigenvalue weighted by atomic mass is 10.0. The highest BCUT2D eigenvalue weighted by Crippen LogP contribution is 2.18. The number of para-hydroxylation sites is 1. The molecule has 1 aromatic carbocycles. The van der Waals surface area contributed by atoms with Gasteiger partial charge in [0.1, 0.15) is 6.04 Å². The van der Waals surface area contributed by atoms with Crippen LogP contribution in [-0.2, 0) is 16.0 Å². The Morgan fingerprint density at radius 1 is 1.29 bits per heavy atom. The fourth-order valence-corrected chi connectivity index (χ4v) is 2.40. The maximum atomic E-state index is 12.0. The standard InChI is InChI=1S/C16H21N3O2/c1-10(2)15(16(17)21)19-14(20)8-7-11-9-18-13-6-4-3-5-12(11)13/h3-6,9-10,15,18H,7-8H2,1-2H3,(H2,17,21)(H,19,20)/t15-/m0/s1. The number of nitrogens with one attached hydrogen (secondary N) is 2. The number of benzene rings is 1. The van der Waals surface area contributed by atoms with Crippen LogP contribution in [0.2, 0.25) is 0 Å². The third-order valence-electron chi connectivity index (χ3n) is 3.59. The molecule has 0 unspecified atom stereocenters. The fraction of sp³-hybridized carbons (Fsp3) is 0.375. The lowest BCUT2D eigenvalue weighted by Crippen LogP contribution is -2.47. The van der Waals surface area contributed by atoms with Gasteiger partial charge >= 0.3 is 0 Å². The summed E-state index contributed by atoms with van der Waals surface area (Å²) in [5.41, 5.74) is 7.45. The molecule has 0 aliphatic carbocycles. The molecule has 21 heavy (non-hydrogen) atoms. The number of nitrogens with two attached hydrogens (primary N) is 1. The van der Waals surface area contributed by atoms with Crippen molar-refractivity contribution in [3.63, 3.8) is 0 Å². The number of carbonyl (C=O) groups excluding carboxylic acids is 2. The molecule has 112 valence electrons. The molecule has 0 saturated heterocycles. The first-order chi connectivity index (χ1) is 9.99. The number of fused-ring (bicyclic) bond motifs is 1. The first kappa shape index (κ1) is 15.1. The number of aromatic nitrogens is 1. The Bertz CT molecular complexity index is 646. The van der Waals surface area contributed by atoms with Crippen LogP contribution in [0.5, 0.6) is 0 Å². The molecule has 5 nitrogen and oxygen atoms in total. The summed E-state index contributed by atoms with van der Waals surface area (Å²) in [6.07, 6.45) is 2.88. The SMILES string of the molecule is CC(C)[C@H](NC(=O)CCc1c[nH]c2ccccc12)C(N)=O. The number of aryl methyl sites for hydroxylation is 1. The number of H-pyrrole nitrogens is 1. The molecule has 1 heterocycles. The summed E-state index contributed by atoms with van der Waals surface area (Å²) in [5.74, 6) is -0.664. The Kier molecular flexibility index (Phi) is 4.62. The molecule has 5 heteroatoms. The zero-order valence-corrected chi connectivity index (χ0v) is 12.3. The zero-order valence-electron chi connectivity index (χ0n) is 12.3. The number of hydrogen-bond acceptors (Lipinski definition) is 2. The van der Waals surface area contributed by atoms with Gasteiger partial charge in [0.25, 0.3) is 0 Å². The van der Waals surface area contributed by atoms with Gasteiger partial charge in [0.2, 0.25) is 11.8 Å². The molecular formula is C16H21N3O2. The Labute approximate surface area is 123 Å². The molecule has 1 aromatic heterocycles. The van der Waals surface area contributed by atoms with Crippen molar-refractivity contribution >= 4 is 22.7 Å². The van der Waals surface area contributed by atoms with Crippen LogP contribution < -0.4 is 11.1 Å². The smallest absolute Gasteiger partial charge is 0.240 e. The predicted octanol–water partition coefficient (Wildman–Crippen LogP) is 1.73. The van der Waals surface area contributed by atoms with Crippen LogP contribution in [0.1, 0.15) is 25.8 Å². The minimum Gasteiger partial charge on any atom is -0.368 e. The number of carbonyl (C=O) groups is 2. The second kappa shape index (κ2) is 6.43. The summed E-state index contributed by atoms with van der Waals surface area (Å²) in [7, 11) is 0. The third-order valence-corrected chi connectivity index (χ3v) is 3.59. The van der Waals surface area contributed by atoms with Crippen LogP contribution >= 0.6 is 0 Å². The summed E-state index contributed by atoms with van der Waals surface area (Å²) in [4.78, 5) is 26.4. The monoisotopic (exact) mass is 287 g/mol. The maximum Gasteiger partial charge on any atom is 0.240 e. The quantitative estimate of drug-likeness (QED) is 0.755. The Balaban J connectivity index is 1.96. The van der Waals surface area contributed by atoms with E-state index in [-0.39, 0.29) is 11.8 Å². The summed E-state index contributed by atoms with van der Waals surface area (Å²) < 4.78 is 0. The predicted molar refractivity (Wildman–Crippen MR) is 82.6 cm³/mol. The first-order valence-electron chi connectivity index (χ1n) is 7.12. The minimum absolute atomic E-state index is 0.0143. The van der Waals surface area contributed by atoms with Gasteiger partial charge in [0, 0.05) is 23.5 Å². The average Bonchev–Trinajstić information content (AvgIpc) is 2.85. The van der Waals surface area contributed by atoms with Crippen molar-refractivity contribution in [3.05, 3.63) is 36.0 Å². The topological polar surface area (TPSA) is 88.0 Å². The molecule has 2 rings (SSSR count). The van der Waals surface area contributed by atoms with E-state index in [0.29, 0.717) is 12.8 Å². The van der Waals surface area contributed by atoms with Crippen LogP contribution in [0.4, 0.5) is 0 Å². The van der Waals surface area contributed by atoms with Crippen molar-refractivity contribution in [1.29, 1.82) is 0 Å². The Morgan fingerprint density at radius 3 is 2.67 bits per heavy atom. The van der Waals surface area contributed by atoms with E-state index < -0.39 is 11.9 Å². The van der Waals surface area contributed by atoms with E-state index in [0.717, 1.165) is 16.5 Å². The number of primary amides is 1. The van der Waals surface area contributed by atoms with E-state index in [1.165, 1.54) is 0 Å². The average molecular weight is 287 g/mol. The van der Waals surface area contributed by atoms with E-state index >= 15 is 0 Å². The van der Waals surface area contributed by atoms with Crippen LogP contribution in [0, 0.1) is 5.92 Å². The highest BCUT2D eigenvalue weighted by molar-refractivity contribution is 5.87. The minimum atomic E-state index is -0.611. The molecule has 0 saturated carbocycles. The number of hydrogen-bond donors (Lipinski definition) is 3. The maximum absolute atomic E-state index is 12.0. The van der Waals surface area contributed by atoms with Gasteiger partial charge in [-0.3, -0.25) is 9.59 Å². The van der Waals surface area contributed by atoms with E-state index in [2.05, 4.69) is 10.3 Å². The van der Waals surface area contributed by atoms with Crippen molar-refractivity contribution in [2.75, 3.05) is 0 Å². The molecule has 0 fully saturated rings. The summed E-state index contributed by atoms with van der Waals surface area (Å²) in [6, 6.07) is 7.36. The van der Waals surface area contributed by atoms with Crippen molar-refractivity contribution in [3.8, 4) is 0 Å². The van der Waals surface area contributed by atoms with E-state index in [9.17, 15) is 9.59 Å². The van der Waals surface area contributed by atoms with Crippen molar-refractivity contribution < 1.29 is 9.59 Å². The van der Waals surface area contributed by atoms with E-state index in [1.54, 1.807) is 0 Å². The summed E-state index contributed by atoms with van der Waals surface area (Å²) >= 11 is 0. The van der Waals surface area contributed by atoms with Gasteiger partial charge in [0.05, 0.1) is 0 Å². The molecule has 0 radical (unpaired) electrons. The first-order valence-corrected chi connectivity index (χ1v) is 7.12. The largest absolute Gasteiger partial charge is 0.368 e. The van der Waals surface area contributed by atoms with Gasteiger partial charge in [-0.15, -0.1) is 0 Å². The van der Waals surface area contributed by atoms with Gasteiger partial charge in [-0.1, -0.05) is 32.0 Å². The number of aromatic amines is 1. The van der Waals surface area contributed by atoms with Crippen molar-refractivity contribution in [1.82, 2.24) is 10.3 Å². The second-order valence-electron chi connectivity index (χ2n) is 5.55. The number of rotatable bonds is 6. The second-order valence-corrected chi connectivity index (χ2v) is 5.55. The molecule has 0 spiro atoms. The fourth-order valence-electron chi connectivity index (χ4n) is 2.40. The lowest BCUT2D eigenvalue weighted by Gasteiger charge is -2.18. The lowest BCUT2D eigenvalue weighted by molar-refractivity contribution is -0.128. The van der Waals surface area contributed by atoms with Gasteiger partial charge in [0.15, 0.2) is 0 Å². The third kappa shape index (κ3) is 3.62. The van der Waals surface area contributed by atoms with Gasteiger partial charge < -0.3 is 16.0 Å². The normalized spacial score (nSPS) is 12.5. The summed E-state index contributed by atoms with van der Waals surface area (Å²) in [5, 5.41) is 3.83. The molecule has 4 N–H and O–H groups in total. The molecule has 2 amide bonds. The summed E-state index contributed by atoms with van der Waals surface area (Å²) in [6.45, 7) is 3.71. The van der Waals surface area contributed by atoms with E-state index in [1.807, 2.05) is 44.3 Å². The highest BCUT2D eigenvalue weighted by Gasteiger charge is 2.21. The molecule has 0 aliphatic rings. The van der Waals surface area contributed by atoms with Crippen LogP contribution in [0.25, 0.3) is 10.9 Å². The Morgan fingerprint density at radius 2 is 2.00 bits per heavy atom. The number of amides is 2. The van der Waals surface area contributed by atoms with Gasteiger partial charge in [-0.25, -0.2) is 0 Å². The Hall–Kier alpha value is -2.30. The van der Waals surface area contributed by atoms with Crippen LogP contribution in [0.15, 0.2) is 30.5 Å². The molecule has 0 aliphatic heterocycles. The van der Waals surface area contributed by atoms with Crippen molar-refractivity contribution in [2.24, 2.45) is 11.7 Å². The van der Waals surface area contributed by atoms with Gasteiger partial charge in [-0.05, 0) is 24.0 Å². The van der Waals surface area contributed by atoms with Crippen LogP contribution in [-0.4, -0.2) is 22.8 Å². The van der Waals surface area contributed by atoms with E-state index in [4.69, 9.17) is 5.73 Å². The zero-order chi connectivity index (χ0) is 15.4. The highest BCUT2D eigenvalue weighted by atomic mass is 16.2. The molecule has 0 bridgehead atoms.